The van der Waals surface area contributed by atoms with Crippen molar-refractivity contribution >= 4 is 17.6 Å². The first-order valence-corrected chi connectivity index (χ1v) is 14.7. The molecule has 224 valence electrons. The van der Waals surface area contributed by atoms with E-state index in [0.717, 1.165) is 23.2 Å². The van der Waals surface area contributed by atoms with Gasteiger partial charge in [0.2, 0.25) is 5.91 Å². The number of aliphatic carboxylic acids is 1. The largest absolute Gasteiger partial charge is 0.481 e. The third-order valence-corrected chi connectivity index (χ3v) is 7.81. The second-order valence-electron chi connectivity index (χ2n) is 11.0. The molecule has 0 unspecified atom stereocenters. The van der Waals surface area contributed by atoms with Crippen molar-refractivity contribution in [2.24, 2.45) is 0 Å². The summed E-state index contributed by atoms with van der Waals surface area (Å²) in [5, 5.41) is 21.1. The molecule has 1 aliphatic rings. The van der Waals surface area contributed by atoms with Crippen LogP contribution >= 0.6 is 0 Å². The van der Waals surface area contributed by atoms with Crippen LogP contribution in [0, 0.1) is 0 Å². The summed E-state index contributed by atoms with van der Waals surface area (Å²) in [6.45, 7) is 2.91. The third-order valence-electron chi connectivity index (χ3n) is 7.81. The van der Waals surface area contributed by atoms with Crippen LogP contribution in [0.25, 0.3) is 0 Å². The molecule has 0 aliphatic carbocycles. The maximum Gasteiger partial charge on any atom is 0.303 e. The molecule has 1 aliphatic heterocycles. The summed E-state index contributed by atoms with van der Waals surface area (Å²) in [6, 6.07) is 26.0. The van der Waals surface area contributed by atoms with E-state index in [4.69, 9.17) is 14.6 Å². The normalized spacial score (nSPS) is 19.4. The molecule has 1 heterocycles. The van der Waals surface area contributed by atoms with Gasteiger partial charge in [0.05, 0.1) is 18.8 Å². The minimum absolute atomic E-state index is 0.00402. The van der Waals surface area contributed by atoms with Gasteiger partial charge in [0.1, 0.15) is 0 Å². The first-order valence-electron chi connectivity index (χ1n) is 14.7. The number of carboxylic acid groups (broad SMARTS) is 1. The monoisotopic (exact) mass is 574 g/mol. The highest BCUT2D eigenvalue weighted by Crippen LogP contribution is 2.39. The number of likely N-dealkylation sites (N-methyl/N-ethyl adjacent to an activating group) is 1. The molecule has 8 nitrogen and oxygen atoms in total. The van der Waals surface area contributed by atoms with Crippen LogP contribution in [0.5, 0.6) is 0 Å². The lowest BCUT2D eigenvalue weighted by molar-refractivity contribution is -0.253. The van der Waals surface area contributed by atoms with Crippen molar-refractivity contribution in [2.45, 2.75) is 76.6 Å². The summed E-state index contributed by atoms with van der Waals surface area (Å²) < 4.78 is 13.0. The second kappa shape index (κ2) is 15.6. The number of carbonyl (C=O) groups is 2. The Kier molecular flexibility index (Phi) is 11.7. The minimum Gasteiger partial charge on any atom is -0.481 e. The predicted octanol–water partition coefficient (Wildman–Crippen LogP) is 6.39. The van der Waals surface area contributed by atoms with E-state index < -0.39 is 12.3 Å². The lowest BCUT2D eigenvalue weighted by Crippen LogP contribution is -2.38. The van der Waals surface area contributed by atoms with Crippen LogP contribution in [0.2, 0.25) is 0 Å². The lowest BCUT2D eigenvalue weighted by atomic mass is 9.99. The van der Waals surface area contributed by atoms with E-state index in [1.165, 1.54) is 5.56 Å². The van der Waals surface area contributed by atoms with E-state index in [0.29, 0.717) is 37.8 Å². The van der Waals surface area contributed by atoms with Crippen LogP contribution in [0.15, 0.2) is 78.9 Å². The van der Waals surface area contributed by atoms with E-state index in [-0.39, 0.29) is 37.2 Å². The highest BCUT2D eigenvalue weighted by Gasteiger charge is 2.33. The number of unbranched alkanes of at least 4 members (excludes halogenated alkanes) is 2. The fourth-order valence-electron chi connectivity index (χ4n) is 5.18. The van der Waals surface area contributed by atoms with Crippen molar-refractivity contribution in [3.63, 3.8) is 0 Å². The van der Waals surface area contributed by atoms with Crippen LogP contribution in [-0.4, -0.2) is 46.7 Å². The van der Waals surface area contributed by atoms with Crippen LogP contribution in [-0.2, 0) is 25.7 Å². The number of amides is 1. The number of benzene rings is 3. The van der Waals surface area contributed by atoms with Gasteiger partial charge in [-0.05, 0) is 55.6 Å². The zero-order valence-electron chi connectivity index (χ0n) is 24.4. The fraction of sp³-hybridized carbons (Fsp3) is 0.412. The number of hydrogen-bond donors (Lipinski definition) is 3. The molecule has 4 rings (SSSR count). The highest BCUT2D eigenvalue weighted by atomic mass is 16.7. The molecule has 42 heavy (non-hydrogen) atoms. The first-order chi connectivity index (χ1) is 20.3. The zero-order valence-corrected chi connectivity index (χ0v) is 24.4. The molecule has 1 saturated heterocycles. The Balaban J connectivity index is 1.41. The van der Waals surface area contributed by atoms with Crippen molar-refractivity contribution in [1.29, 1.82) is 0 Å². The Hall–Kier alpha value is -3.56. The van der Waals surface area contributed by atoms with Gasteiger partial charge in [-0.1, -0.05) is 73.2 Å². The van der Waals surface area contributed by atoms with Gasteiger partial charge in [0.25, 0.3) is 0 Å². The fourth-order valence-corrected chi connectivity index (χ4v) is 5.18. The molecule has 3 N–H and O–H groups in total. The van der Waals surface area contributed by atoms with Gasteiger partial charge in [-0.25, -0.2) is 0 Å². The summed E-state index contributed by atoms with van der Waals surface area (Å²) in [5.74, 6) is -0.901. The Morgan fingerprint density at radius 2 is 1.57 bits per heavy atom. The molecule has 0 radical (unpaired) electrons. The van der Waals surface area contributed by atoms with Gasteiger partial charge in [-0.3, -0.25) is 14.5 Å². The first kappa shape index (κ1) is 31.4. The van der Waals surface area contributed by atoms with E-state index in [9.17, 15) is 14.7 Å². The van der Waals surface area contributed by atoms with Crippen molar-refractivity contribution in [2.75, 3.05) is 18.9 Å². The van der Waals surface area contributed by atoms with E-state index in [1.54, 1.807) is 0 Å². The number of nitrogens with zero attached hydrogens (tertiary/aromatic N) is 1. The molecular formula is C34H42N2O6. The maximum atomic E-state index is 12.3. The molecule has 4 atom stereocenters. The molecule has 3 aromatic rings. The smallest absolute Gasteiger partial charge is 0.303 e. The minimum atomic E-state index is -0.809. The zero-order chi connectivity index (χ0) is 29.9. The molecule has 0 saturated carbocycles. The summed E-state index contributed by atoms with van der Waals surface area (Å²) in [6.07, 6.45) is 2.28. The van der Waals surface area contributed by atoms with Gasteiger partial charge in [-0.2, -0.15) is 0 Å². The predicted molar refractivity (Wildman–Crippen MR) is 162 cm³/mol. The Bertz CT molecular complexity index is 1270. The van der Waals surface area contributed by atoms with Crippen LogP contribution in [0.1, 0.15) is 86.1 Å². The summed E-state index contributed by atoms with van der Waals surface area (Å²) in [7, 11) is 2.11. The molecular weight excluding hydrogens is 532 g/mol. The van der Waals surface area contributed by atoms with Crippen molar-refractivity contribution in [1.82, 2.24) is 4.90 Å². The van der Waals surface area contributed by atoms with Crippen LogP contribution in [0.4, 0.5) is 5.69 Å². The number of aliphatic hydroxyl groups excluding tert-OH is 1. The number of carboxylic acids is 1. The summed E-state index contributed by atoms with van der Waals surface area (Å²) >= 11 is 0. The number of anilines is 1. The van der Waals surface area contributed by atoms with Gasteiger partial charge >= 0.3 is 5.97 Å². The number of ether oxygens (including phenoxy) is 2. The molecule has 3 aromatic carbocycles. The van der Waals surface area contributed by atoms with Crippen LogP contribution < -0.4 is 5.32 Å². The molecule has 0 bridgehead atoms. The maximum absolute atomic E-state index is 12.3. The van der Waals surface area contributed by atoms with Crippen molar-refractivity contribution in [3.8, 4) is 0 Å². The lowest BCUT2D eigenvalue weighted by Gasteiger charge is -2.39. The van der Waals surface area contributed by atoms with E-state index >= 15 is 0 Å². The van der Waals surface area contributed by atoms with Crippen LogP contribution in [0.3, 0.4) is 0 Å². The molecule has 0 spiro atoms. The van der Waals surface area contributed by atoms with Gasteiger partial charge in [0, 0.05) is 43.1 Å². The summed E-state index contributed by atoms with van der Waals surface area (Å²) in [4.78, 5) is 25.3. The molecule has 1 fully saturated rings. The number of nitrogens with one attached hydrogen (secondary N) is 1. The Morgan fingerprint density at radius 1 is 0.905 bits per heavy atom. The average molecular weight is 575 g/mol. The standard InChI is InChI=1S/C34H42N2O6/c1-24(26-9-5-3-6-10-26)36(2)22-30-21-31(27-15-13-25(23-37)14-16-27)42-34(41-30)28-17-19-29(20-18-28)35-32(38)11-7-4-8-12-33(39)40/h3,5-6,9-10,13-20,24,30-31,34,37H,4,7-8,11-12,21-23H2,1-2H3,(H,35,38)(H,39,40)/t24-,30+,31-,34-/m0/s1. The van der Waals surface area contributed by atoms with Gasteiger partial charge < -0.3 is 25.0 Å². The summed E-state index contributed by atoms with van der Waals surface area (Å²) in [5.41, 5.74) is 4.69. The Labute approximate surface area is 248 Å². The van der Waals surface area contributed by atoms with E-state index in [2.05, 4.69) is 48.5 Å². The Morgan fingerprint density at radius 3 is 2.24 bits per heavy atom. The quantitative estimate of drug-likeness (QED) is 0.192. The SMILES string of the molecule is C[C@@H](c1ccccc1)N(C)C[C@H]1C[C@@H](c2ccc(CO)cc2)O[C@@H](c2ccc(NC(=O)CCCCCC(=O)O)cc2)O1. The number of carbonyl (C=O) groups excluding carboxylic acids is 1. The molecule has 8 heteroatoms. The van der Waals surface area contributed by atoms with E-state index in [1.807, 2.05) is 54.6 Å². The highest BCUT2D eigenvalue weighted by molar-refractivity contribution is 5.90. The second-order valence-corrected chi connectivity index (χ2v) is 11.0. The number of aliphatic hydroxyl groups is 1. The third kappa shape index (κ3) is 9.22. The van der Waals surface area contributed by atoms with Gasteiger partial charge in [0.15, 0.2) is 6.29 Å². The van der Waals surface area contributed by atoms with Crippen molar-refractivity contribution < 1.29 is 29.3 Å². The topological polar surface area (TPSA) is 108 Å². The average Bonchev–Trinajstić information content (AvgIpc) is 3.01. The van der Waals surface area contributed by atoms with Crippen molar-refractivity contribution in [3.05, 3.63) is 101 Å². The van der Waals surface area contributed by atoms with Gasteiger partial charge in [-0.15, -0.1) is 0 Å². The molecule has 0 aromatic heterocycles. The number of hydrogen-bond acceptors (Lipinski definition) is 6. The molecule has 1 amide bonds. The number of rotatable bonds is 14.